The van der Waals surface area contributed by atoms with E-state index in [0.717, 1.165) is 6.07 Å². The summed E-state index contributed by atoms with van der Waals surface area (Å²) < 4.78 is 78.3. The molecular formula is C13H7F6N. The van der Waals surface area contributed by atoms with Crippen molar-refractivity contribution in [2.24, 2.45) is 5.73 Å². The summed E-state index contributed by atoms with van der Waals surface area (Å²) in [6, 6.07) is 1.12. The van der Waals surface area contributed by atoms with Crippen LogP contribution in [0.15, 0.2) is 24.3 Å². The van der Waals surface area contributed by atoms with E-state index < -0.39 is 46.5 Å². The van der Waals surface area contributed by atoms with Gasteiger partial charge in [-0.15, -0.1) is 0 Å². The lowest BCUT2D eigenvalue weighted by Crippen LogP contribution is -2.16. The van der Waals surface area contributed by atoms with Crippen LogP contribution < -0.4 is 5.73 Å². The van der Waals surface area contributed by atoms with Crippen LogP contribution in [0.4, 0.5) is 26.3 Å². The van der Waals surface area contributed by atoms with E-state index in [1.54, 1.807) is 0 Å². The van der Waals surface area contributed by atoms with Crippen LogP contribution in [0.1, 0.15) is 17.2 Å². The quantitative estimate of drug-likeness (QED) is 0.664. The average molecular weight is 291 g/mol. The Morgan fingerprint density at radius 1 is 0.700 bits per heavy atom. The van der Waals surface area contributed by atoms with Crippen LogP contribution in [0.2, 0.25) is 0 Å². The highest BCUT2D eigenvalue weighted by atomic mass is 19.2. The van der Waals surface area contributed by atoms with E-state index in [4.69, 9.17) is 5.73 Å². The first-order valence-corrected chi connectivity index (χ1v) is 5.36. The number of benzene rings is 2. The number of hydrogen-bond acceptors (Lipinski definition) is 1. The molecule has 0 aliphatic heterocycles. The largest absolute Gasteiger partial charge is 0.320 e. The zero-order valence-electron chi connectivity index (χ0n) is 9.73. The lowest BCUT2D eigenvalue weighted by Gasteiger charge is -2.14. The highest BCUT2D eigenvalue weighted by molar-refractivity contribution is 5.34. The maximum absolute atomic E-state index is 13.5. The van der Waals surface area contributed by atoms with Crippen LogP contribution in [0.25, 0.3) is 0 Å². The molecule has 1 unspecified atom stereocenters. The Hall–Kier alpha value is -2.02. The third-order valence-corrected chi connectivity index (χ3v) is 2.77. The monoisotopic (exact) mass is 291 g/mol. The zero-order chi connectivity index (χ0) is 15.0. The Morgan fingerprint density at radius 2 is 1.25 bits per heavy atom. The van der Waals surface area contributed by atoms with Gasteiger partial charge in [0.15, 0.2) is 34.9 Å². The van der Waals surface area contributed by atoms with Gasteiger partial charge >= 0.3 is 0 Å². The Labute approximate surface area is 109 Å². The number of halogens is 6. The molecule has 0 amide bonds. The second-order valence-electron chi connectivity index (χ2n) is 4.04. The molecule has 106 valence electrons. The van der Waals surface area contributed by atoms with Gasteiger partial charge in [-0.25, -0.2) is 26.3 Å². The molecule has 0 spiro atoms. The van der Waals surface area contributed by atoms with Crippen LogP contribution in [0, 0.1) is 34.9 Å². The highest BCUT2D eigenvalue weighted by Crippen LogP contribution is 2.27. The van der Waals surface area contributed by atoms with Gasteiger partial charge in [-0.3, -0.25) is 0 Å². The van der Waals surface area contributed by atoms with Crippen LogP contribution in [-0.4, -0.2) is 0 Å². The molecule has 0 radical (unpaired) electrons. The summed E-state index contributed by atoms with van der Waals surface area (Å²) in [4.78, 5) is 0. The molecule has 2 N–H and O–H groups in total. The molecule has 2 aromatic carbocycles. The van der Waals surface area contributed by atoms with Gasteiger partial charge < -0.3 is 5.73 Å². The van der Waals surface area contributed by atoms with E-state index >= 15 is 0 Å². The first-order chi connectivity index (χ1) is 9.32. The zero-order valence-corrected chi connectivity index (χ0v) is 9.73. The predicted octanol–water partition coefficient (Wildman–Crippen LogP) is 3.57. The Kier molecular flexibility index (Phi) is 3.71. The standard InChI is InChI=1S/C13H7F6N/c14-7-2-1-6(10(17)12(7)19)13(20)5-3-8(15)11(18)9(16)4-5/h1-4,13H,20H2. The molecule has 1 atom stereocenters. The van der Waals surface area contributed by atoms with Crippen LogP contribution in [0.5, 0.6) is 0 Å². The molecule has 1 nitrogen and oxygen atoms in total. The maximum Gasteiger partial charge on any atom is 0.194 e. The molecule has 0 bridgehead atoms. The maximum atomic E-state index is 13.5. The van der Waals surface area contributed by atoms with Crippen molar-refractivity contribution < 1.29 is 26.3 Å². The van der Waals surface area contributed by atoms with Crippen molar-refractivity contribution in [2.45, 2.75) is 6.04 Å². The third kappa shape index (κ3) is 2.36. The van der Waals surface area contributed by atoms with Crippen molar-refractivity contribution in [1.82, 2.24) is 0 Å². The van der Waals surface area contributed by atoms with E-state index in [-0.39, 0.29) is 5.56 Å². The second kappa shape index (κ2) is 5.16. The van der Waals surface area contributed by atoms with Crippen molar-refractivity contribution in [2.75, 3.05) is 0 Å². The molecule has 0 aromatic heterocycles. The smallest absolute Gasteiger partial charge is 0.194 e. The van der Waals surface area contributed by atoms with Gasteiger partial charge in [0.1, 0.15) is 0 Å². The van der Waals surface area contributed by atoms with E-state index in [1.165, 1.54) is 0 Å². The van der Waals surface area contributed by atoms with Crippen LogP contribution in [-0.2, 0) is 0 Å². The van der Waals surface area contributed by atoms with Crippen molar-refractivity contribution >= 4 is 0 Å². The van der Waals surface area contributed by atoms with Crippen molar-refractivity contribution in [3.63, 3.8) is 0 Å². The fourth-order valence-corrected chi connectivity index (χ4v) is 1.72. The molecule has 0 saturated carbocycles. The average Bonchev–Trinajstić information content (AvgIpc) is 2.41. The topological polar surface area (TPSA) is 26.0 Å². The summed E-state index contributed by atoms with van der Waals surface area (Å²) in [5.41, 5.74) is 4.72. The molecule has 0 aliphatic carbocycles. The van der Waals surface area contributed by atoms with Gasteiger partial charge in [0.25, 0.3) is 0 Å². The van der Waals surface area contributed by atoms with Crippen LogP contribution >= 0.6 is 0 Å². The molecule has 0 fully saturated rings. The Balaban J connectivity index is 2.52. The summed E-state index contributed by atoms with van der Waals surface area (Å²) in [6.45, 7) is 0. The van der Waals surface area contributed by atoms with E-state index in [1.807, 2.05) is 0 Å². The number of hydrogen-bond donors (Lipinski definition) is 1. The molecule has 0 saturated heterocycles. The van der Waals surface area contributed by atoms with Crippen LogP contribution in [0.3, 0.4) is 0 Å². The third-order valence-electron chi connectivity index (χ3n) is 2.77. The Bertz CT molecular complexity index is 647. The Morgan fingerprint density at radius 3 is 1.80 bits per heavy atom. The van der Waals surface area contributed by atoms with E-state index in [0.29, 0.717) is 18.2 Å². The molecule has 2 rings (SSSR count). The van der Waals surface area contributed by atoms with Gasteiger partial charge in [-0.05, 0) is 23.8 Å². The second-order valence-corrected chi connectivity index (χ2v) is 4.04. The van der Waals surface area contributed by atoms with Crippen molar-refractivity contribution in [3.05, 3.63) is 70.3 Å². The highest BCUT2D eigenvalue weighted by Gasteiger charge is 2.21. The molecule has 0 heterocycles. The fourth-order valence-electron chi connectivity index (χ4n) is 1.72. The van der Waals surface area contributed by atoms with E-state index in [2.05, 4.69) is 0 Å². The minimum Gasteiger partial charge on any atom is -0.320 e. The summed E-state index contributed by atoms with van der Waals surface area (Å²) in [5.74, 6) is -9.47. The van der Waals surface area contributed by atoms with Gasteiger partial charge in [-0.2, -0.15) is 0 Å². The molecule has 0 aliphatic rings. The molecule has 2 aromatic rings. The number of nitrogens with two attached hydrogens (primary N) is 1. The van der Waals surface area contributed by atoms with E-state index in [9.17, 15) is 26.3 Å². The van der Waals surface area contributed by atoms with Crippen molar-refractivity contribution in [1.29, 1.82) is 0 Å². The SMILES string of the molecule is NC(c1cc(F)c(F)c(F)c1)c1ccc(F)c(F)c1F. The van der Waals surface area contributed by atoms with Gasteiger partial charge in [0, 0.05) is 5.56 Å². The minimum atomic E-state index is -1.75. The first kappa shape index (κ1) is 14.4. The molecule has 20 heavy (non-hydrogen) atoms. The van der Waals surface area contributed by atoms with Crippen molar-refractivity contribution in [3.8, 4) is 0 Å². The lowest BCUT2D eigenvalue weighted by molar-refractivity contribution is 0.435. The molecule has 7 heteroatoms. The summed E-state index contributed by atoms with van der Waals surface area (Å²) in [6.07, 6.45) is 0. The first-order valence-electron chi connectivity index (χ1n) is 5.36. The lowest BCUT2D eigenvalue weighted by atomic mass is 9.98. The summed E-state index contributed by atoms with van der Waals surface area (Å²) >= 11 is 0. The normalized spacial score (nSPS) is 12.6. The predicted molar refractivity (Wildman–Crippen MR) is 58.7 cm³/mol. The fraction of sp³-hybridized carbons (Fsp3) is 0.0769. The van der Waals surface area contributed by atoms with Gasteiger partial charge in [0.2, 0.25) is 0 Å². The number of rotatable bonds is 2. The molecular weight excluding hydrogens is 284 g/mol. The summed E-state index contributed by atoms with van der Waals surface area (Å²) in [5, 5.41) is 0. The summed E-state index contributed by atoms with van der Waals surface area (Å²) in [7, 11) is 0. The van der Waals surface area contributed by atoms with Gasteiger partial charge in [-0.1, -0.05) is 6.07 Å². The van der Waals surface area contributed by atoms with Gasteiger partial charge in [0.05, 0.1) is 6.04 Å². The minimum absolute atomic E-state index is 0.314.